The van der Waals surface area contributed by atoms with Gasteiger partial charge in [0.05, 0.1) is 29.6 Å². The average Bonchev–Trinajstić information content (AvgIpc) is 2.81. The van der Waals surface area contributed by atoms with Gasteiger partial charge in [-0.2, -0.15) is 0 Å². The number of ether oxygens (including phenoxy) is 1. The van der Waals surface area contributed by atoms with Crippen LogP contribution in [0.15, 0.2) is 27.7 Å². The standard InChI is InChI=1S/C17H17FN2O2S/c1-10-17(11(2)22-20-10)12-3-4-13(16(18)5-12)8-21-15-6-14(7-15)19-9-23/h3-5,14-15H,6-8H2,1-2H3/t14-,15-. The number of hydrogen-bond donors (Lipinski definition) is 0. The summed E-state index contributed by atoms with van der Waals surface area (Å²) in [4.78, 5) is 4.01. The summed E-state index contributed by atoms with van der Waals surface area (Å²) >= 11 is 4.57. The third kappa shape index (κ3) is 3.39. The summed E-state index contributed by atoms with van der Waals surface area (Å²) in [6.45, 7) is 3.92. The van der Waals surface area contributed by atoms with E-state index in [4.69, 9.17) is 9.26 Å². The molecule has 0 bridgehead atoms. The first kappa shape index (κ1) is 16.0. The predicted molar refractivity (Wildman–Crippen MR) is 88.0 cm³/mol. The molecule has 120 valence electrons. The summed E-state index contributed by atoms with van der Waals surface area (Å²) in [6.07, 6.45) is 1.76. The van der Waals surface area contributed by atoms with E-state index in [2.05, 4.69) is 27.5 Å². The van der Waals surface area contributed by atoms with Crippen molar-refractivity contribution in [2.24, 2.45) is 4.99 Å². The first-order valence-corrected chi connectivity index (χ1v) is 7.89. The van der Waals surface area contributed by atoms with Crippen LogP contribution in [-0.4, -0.2) is 22.5 Å². The first-order chi connectivity index (χ1) is 11.1. The predicted octanol–water partition coefficient (Wildman–Crippen LogP) is 4.25. The highest BCUT2D eigenvalue weighted by molar-refractivity contribution is 7.78. The summed E-state index contributed by atoms with van der Waals surface area (Å²) in [5.41, 5.74) is 2.91. The summed E-state index contributed by atoms with van der Waals surface area (Å²) in [7, 11) is 0. The van der Waals surface area contributed by atoms with Crippen molar-refractivity contribution in [2.75, 3.05) is 0 Å². The molecular formula is C17H17FN2O2S. The van der Waals surface area contributed by atoms with E-state index in [1.807, 2.05) is 19.9 Å². The van der Waals surface area contributed by atoms with E-state index in [0.717, 1.165) is 29.7 Å². The van der Waals surface area contributed by atoms with E-state index in [1.54, 1.807) is 6.07 Å². The van der Waals surface area contributed by atoms with E-state index in [1.165, 1.54) is 6.07 Å². The van der Waals surface area contributed by atoms with Gasteiger partial charge in [-0.3, -0.25) is 0 Å². The Morgan fingerprint density at radius 3 is 2.83 bits per heavy atom. The molecule has 1 fully saturated rings. The van der Waals surface area contributed by atoms with Gasteiger partial charge in [0, 0.05) is 11.1 Å². The Morgan fingerprint density at radius 2 is 2.22 bits per heavy atom. The van der Waals surface area contributed by atoms with Crippen LogP contribution in [0.3, 0.4) is 0 Å². The van der Waals surface area contributed by atoms with Crippen LogP contribution in [-0.2, 0) is 11.3 Å². The summed E-state index contributed by atoms with van der Waals surface area (Å²) in [5.74, 6) is 0.404. The van der Waals surface area contributed by atoms with Gasteiger partial charge in [0.25, 0.3) is 0 Å². The molecule has 1 aromatic carbocycles. The minimum absolute atomic E-state index is 0.119. The van der Waals surface area contributed by atoms with Crippen LogP contribution in [0.25, 0.3) is 11.1 Å². The molecule has 1 aliphatic rings. The molecule has 0 spiro atoms. The Balaban J connectivity index is 1.65. The molecule has 0 amide bonds. The number of halogens is 1. The van der Waals surface area contributed by atoms with E-state index < -0.39 is 0 Å². The summed E-state index contributed by atoms with van der Waals surface area (Å²) in [6, 6.07) is 5.34. The zero-order valence-corrected chi connectivity index (χ0v) is 13.8. The smallest absolute Gasteiger partial charge is 0.141 e. The highest BCUT2D eigenvalue weighted by atomic mass is 32.1. The van der Waals surface area contributed by atoms with E-state index in [9.17, 15) is 4.39 Å². The molecule has 23 heavy (non-hydrogen) atoms. The zero-order valence-electron chi connectivity index (χ0n) is 13.0. The molecular weight excluding hydrogens is 315 g/mol. The Kier molecular flexibility index (Phi) is 4.66. The van der Waals surface area contributed by atoms with Gasteiger partial charge in [-0.1, -0.05) is 17.3 Å². The number of isothiocyanates is 1. The van der Waals surface area contributed by atoms with Crippen LogP contribution in [0.1, 0.15) is 29.9 Å². The van der Waals surface area contributed by atoms with Crippen molar-refractivity contribution >= 4 is 17.4 Å². The largest absolute Gasteiger partial charge is 0.373 e. The molecule has 2 aromatic rings. The normalized spacial score (nSPS) is 20.0. The Bertz CT molecular complexity index is 742. The summed E-state index contributed by atoms with van der Waals surface area (Å²) in [5, 5.41) is 6.28. The molecule has 0 aliphatic heterocycles. The lowest BCUT2D eigenvalue weighted by atomic mass is 9.90. The van der Waals surface area contributed by atoms with Gasteiger partial charge < -0.3 is 9.26 Å². The number of hydrogen-bond acceptors (Lipinski definition) is 5. The fourth-order valence-corrected chi connectivity index (χ4v) is 2.93. The maximum atomic E-state index is 14.3. The van der Waals surface area contributed by atoms with Crippen LogP contribution in [0, 0.1) is 19.7 Å². The van der Waals surface area contributed by atoms with Gasteiger partial charge >= 0.3 is 0 Å². The van der Waals surface area contributed by atoms with Gasteiger partial charge in [-0.05, 0) is 50.5 Å². The molecule has 1 saturated carbocycles. The van der Waals surface area contributed by atoms with Gasteiger partial charge in [-0.25, -0.2) is 9.38 Å². The topological polar surface area (TPSA) is 47.6 Å². The molecule has 4 nitrogen and oxygen atoms in total. The van der Waals surface area contributed by atoms with Crippen molar-refractivity contribution < 1.29 is 13.7 Å². The highest BCUT2D eigenvalue weighted by Crippen LogP contribution is 2.30. The third-order valence-corrected chi connectivity index (χ3v) is 4.26. The molecule has 0 radical (unpaired) electrons. The van der Waals surface area contributed by atoms with Crippen molar-refractivity contribution in [1.29, 1.82) is 0 Å². The monoisotopic (exact) mass is 332 g/mol. The van der Waals surface area contributed by atoms with Crippen molar-refractivity contribution in [2.45, 2.75) is 45.4 Å². The molecule has 1 aromatic heterocycles. The number of aryl methyl sites for hydroxylation is 2. The molecule has 0 N–H and O–H groups in total. The lowest BCUT2D eigenvalue weighted by Gasteiger charge is -2.31. The number of aliphatic imine (C=N–C) groups is 1. The summed E-state index contributed by atoms with van der Waals surface area (Å²) < 4.78 is 25.1. The van der Waals surface area contributed by atoms with Crippen LogP contribution in [0.2, 0.25) is 0 Å². The second kappa shape index (κ2) is 6.71. The number of benzene rings is 1. The molecule has 3 rings (SSSR count). The maximum Gasteiger partial charge on any atom is 0.141 e. The van der Waals surface area contributed by atoms with Crippen molar-refractivity contribution in [3.05, 3.63) is 41.0 Å². The van der Waals surface area contributed by atoms with Crippen molar-refractivity contribution in [3.63, 3.8) is 0 Å². The zero-order chi connectivity index (χ0) is 16.4. The number of aromatic nitrogens is 1. The molecule has 0 saturated heterocycles. The van der Waals surface area contributed by atoms with E-state index in [0.29, 0.717) is 11.3 Å². The lowest BCUT2D eigenvalue weighted by Crippen LogP contribution is -2.34. The number of rotatable bonds is 5. The fourth-order valence-electron chi connectivity index (χ4n) is 2.78. The Hall–Kier alpha value is -1.88. The molecule has 0 atom stereocenters. The van der Waals surface area contributed by atoms with Crippen molar-refractivity contribution in [3.8, 4) is 11.1 Å². The second-order valence-electron chi connectivity index (χ2n) is 5.78. The SMILES string of the molecule is Cc1noc(C)c1-c1ccc(CO[C@H]2C[C@H](N=C=S)C2)c(F)c1. The number of thiocarbonyl (C=S) groups is 1. The Labute approximate surface area is 139 Å². The first-order valence-electron chi connectivity index (χ1n) is 7.48. The minimum Gasteiger partial charge on any atom is -0.373 e. The Morgan fingerprint density at radius 1 is 1.43 bits per heavy atom. The average molecular weight is 332 g/mol. The van der Waals surface area contributed by atoms with E-state index >= 15 is 0 Å². The van der Waals surface area contributed by atoms with Crippen LogP contribution < -0.4 is 0 Å². The van der Waals surface area contributed by atoms with Crippen LogP contribution in [0.4, 0.5) is 4.39 Å². The molecule has 0 unspecified atom stereocenters. The minimum atomic E-state index is -0.282. The van der Waals surface area contributed by atoms with Gasteiger partial charge in [0.15, 0.2) is 0 Å². The van der Waals surface area contributed by atoms with Gasteiger partial charge in [-0.15, -0.1) is 0 Å². The lowest BCUT2D eigenvalue weighted by molar-refractivity contribution is -0.0192. The molecule has 6 heteroatoms. The highest BCUT2D eigenvalue weighted by Gasteiger charge is 2.29. The quantitative estimate of drug-likeness (QED) is 0.607. The number of nitrogens with zero attached hydrogens (tertiary/aromatic N) is 2. The molecule has 1 aliphatic carbocycles. The van der Waals surface area contributed by atoms with Crippen LogP contribution in [0.5, 0.6) is 0 Å². The van der Waals surface area contributed by atoms with E-state index in [-0.39, 0.29) is 24.6 Å². The maximum absolute atomic E-state index is 14.3. The van der Waals surface area contributed by atoms with Gasteiger partial charge in [0.1, 0.15) is 11.6 Å². The van der Waals surface area contributed by atoms with Gasteiger partial charge in [0.2, 0.25) is 0 Å². The third-order valence-electron chi connectivity index (χ3n) is 4.15. The van der Waals surface area contributed by atoms with Crippen LogP contribution >= 0.6 is 12.2 Å². The van der Waals surface area contributed by atoms with Crippen molar-refractivity contribution in [1.82, 2.24) is 5.16 Å². The second-order valence-corrected chi connectivity index (χ2v) is 5.97. The fraction of sp³-hybridized carbons (Fsp3) is 0.412. The molecule has 1 heterocycles.